The van der Waals surface area contributed by atoms with E-state index in [4.69, 9.17) is 4.74 Å². The van der Waals surface area contributed by atoms with Crippen molar-refractivity contribution in [1.82, 2.24) is 0 Å². The molecule has 4 aliphatic carbocycles. The van der Waals surface area contributed by atoms with Crippen molar-refractivity contribution in [2.75, 3.05) is 6.61 Å². The number of allylic oxidation sites excluding steroid dienone is 2. The second kappa shape index (κ2) is 21.0. The fourth-order valence-electron chi connectivity index (χ4n) is 12.5. The topological polar surface area (TPSA) is 26.3 Å². The molecule has 2 heteroatoms. The summed E-state index contributed by atoms with van der Waals surface area (Å²) in [5, 5.41) is 0. The van der Waals surface area contributed by atoms with Gasteiger partial charge in [0.25, 0.3) is 0 Å². The third-order valence-electron chi connectivity index (χ3n) is 15.7. The molecule has 0 aromatic carbocycles. The molecule has 49 heavy (non-hydrogen) atoms. The molecule has 0 heterocycles. The van der Waals surface area contributed by atoms with E-state index in [9.17, 15) is 4.79 Å². The van der Waals surface area contributed by atoms with Gasteiger partial charge in [-0.05, 0) is 154 Å². The first-order valence-electron chi connectivity index (χ1n) is 22.5. The van der Waals surface area contributed by atoms with Gasteiger partial charge in [0.1, 0.15) is 0 Å². The number of hydrogen-bond acceptors (Lipinski definition) is 2. The van der Waals surface area contributed by atoms with Gasteiger partial charge in [-0.15, -0.1) is 0 Å². The van der Waals surface area contributed by atoms with E-state index in [2.05, 4.69) is 53.7 Å². The van der Waals surface area contributed by atoms with Gasteiger partial charge in [0.15, 0.2) is 0 Å². The SMILES string of the molecule is CCCCCCCC/C=C/CCCCCCCC(=O)OCC[C@H](CC[C@@H](C)[C@H]1CC[C@H]2[C@@H]3CCC4CCCC[C@]4(C)[C@H]3CC[C@]12C)C(C)C. The molecule has 284 valence electrons. The van der Waals surface area contributed by atoms with Crippen LogP contribution >= 0.6 is 0 Å². The maximum absolute atomic E-state index is 12.5. The van der Waals surface area contributed by atoms with Crippen LogP contribution in [-0.4, -0.2) is 12.6 Å². The summed E-state index contributed by atoms with van der Waals surface area (Å²) >= 11 is 0. The molecule has 0 saturated heterocycles. The van der Waals surface area contributed by atoms with Crippen LogP contribution in [0.25, 0.3) is 0 Å². The molecule has 2 nitrogen and oxygen atoms in total. The van der Waals surface area contributed by atoms with Crippen LogP contribution in [0.4, 0.5) is 0 Å². The van der Waals surface area contributed by atoms with E-state index in [0.717, 1.165) is 54.8 Å². The van der Waals surface area contributed by atoms with Crippen LogP contribution in [0.1, 0.15) is 215 Å². The Morgan fingerprint density at radius 2 is 1.37 bits per heavy atom. The lowest BCUT2D eigenvalue weighted by Gasteiger charge is -2.61. The molecule has 0 aliphatic heterocycles. The average molecular weight is 681 g/mol. The number of rotatable bonds is 23. The summed E-state index contributed by atoms with van der Waals surface area (Å²) in [5.41, 5.74) is 1.23. The molecule has 0 aromatic heterocycles. The molecule has 0 spiro atoms. The van der Waals surface area contributed by atoms with Crippen molar-refractivity contribution in [2.45, 2.75) is 215 Å². The predicted octanol–water partition coefficient (Wildman–Crippen LogP) is 14.7. The number of fused-ring (bicyclic) bond motifs is 5. The molecule has 0 N–H and O–H groups in total. The monoisotopic (exact) mass is 681 g/mol. The minimum atomic E-state index is 0.0325. The summed E-state index contributed by atoms with van der Waals surface area (Å²) in [6.45, 7) is 15.8. The average Bonchev–Trinajstić information content (AvgIpc) is 3.44. The van der Waals surface area contributed by atoms with Crippen LogP contribution in [-0.2, 0) is 9.53 Å². The molecule has 4 fully saturated rings. The van der Waals surface area contributed by atoms with Gasteiger partial charge in [0, 0.05) is 6.42 Å². The lowest BCUT2D eigenvalue weighted by Crippen LogP contribution is -2.53. The predicted molar refractivity (Wildman–Crippen MR) is 212 cm³/mol. The van der Waals surface area contributed by atoms with Gasteiger partial charge in [0.05, 0.1) is 6.61 Å². The first-order valence-corrected chi connectivity index (χ1v) is 22.5. The van der Waals surface area contributed by atoms with Crippen LogP contribution in [0.15, 0.2) is 12.2 Å². The standard InChI is InChI=1S/C47H84O2/c1-7-8-9-10-11-12-13-14-15-16-17-18-19-20-21-25-45(48)49-36-33-39(37(2)3)27-26-38(4)42-30-31-43-41-29-28-40-24-22-23-34-46(40,5)44(41)32-35-47(42,43)6/h14-15,37-44H,7-13,16-36H2,1-6H3/b15-14+/t38-,39+,40?,41+,42-,43+,44+,46+,47-/m1/s1. The minimum Gasteiger partial charge on any atom is -0.466 e. The zero-order valence-corrected chi connectivity index (χ0v) is 33.9. The summed E-state index contributed by atoms with van der Waals surface area (Å²) in [6, 6.07) is 0. The van der Waals surface area contributed by atoms with Gasteiger partial charge >= 0.3 is 5.97 Å². The van der Waals surface area contributed by atoms with E-state index >= 15 is 0 Å². The Labute approximate surface area is 306 Å². The van der Waals surface area contributed by atoms with Gasteiger partial charge in [-0.25, -0.2) is 0 Å². The molecule has 0 radical (unpaired) electrons. The van der Waals surface area contributed by atoms with E-state index in [1.807, 2.05) is 0 Å². The third kappa shape index (κ3) is 11.6. The summed E-state index contributed by atoms with van der Waals surface area (Å²) in [4.78, 5) is 12.5. The zero-order chi connectivity index (χ0) is 35.1. The summed E-state index contributed by atoms with van der Waals surface area (Å²) < 4.78 is 5.78. The Morgan fingerprint density at radius 3 is 2.08 bits per heavy atom. The van der Waals surface area contributed by atoms with Gasteiger partial charge in [0.2, 0.25) is 0 Å². The van der Waals surface area contributed by atoms with E-state index in [0.29, 0.717) is 35.7 Å². The number of carbonyl (C=O) groups is 1. The summed E-state index contributed by atoms with van der Waals surface area (Å²) in [7, 11) is 0. The molecule has 4 aliphatic rings. The highest BCUT2D eigenvalue weighted by molar-refractivity contribution is 5.69. The van der Waals surface area contributed by atoms with Gasteiger partial charge < -0.3 is 4.74 Å². The Kier molecular flexibility index (Phi) is 17.6. The van der Waals surface area contributed by atoms with Crippen molar-refractivity contribution in [3.05, 3.63) is 12.2 Å². The third-order valence-corrected chi connectivity index (χ3v) is 15.7. The van der Waals surface area contributed by atoms with E-state index in [1.165, 1.54) is 148 Å². The Balaban J connectivity index is 1.06. The van der Waals surface area contributed by atoms with Gasteiger partial charge in [-0.3, -0.25) is 4.79 Å². The van der Waals surface area contributed by atoms with Crippen LogP contribution in [0.3, 0.4) is 0 Å². The van der Waals surface area contributed by atoms with E-state index in [1.54, 1.807) is 0 Å². The lowest BCUT2D eigenvalue weighted by atomic mass is 9.44. The molecule has 9 atom stereocenters. The first-order chi connectivity index (χ1) is 23.7. The largest absolute Gasteiger partial charge is 0.466 e. The fourth-order valence-corrected chi connectivity index (χ4v) is 12.5. The van der Waals surface area contributed by atoms with Crippen molar-refractivity contribution in [2.24, 2.45) is 58.2 Å². The highest BCUT2D eigenvalue weighted by Gasteiger charge is 2.60. The van der Waals surface area contributed by atoms with Crippen molar-refractivity contribution >= 4 is 5.97 Å². The maximum Gasteiger partial charge on any atom is 0.305 e. The quantitative estimate of drug-likeness (QED) is 0.0610. The second-order valence-corrected chi connectivity index (χ2v) is 19.0. The minimum absolute atomic E-state index is 0.0325. The number of carbonyl (C=O) groups excluding carboxylic acids is 1. The summed E-state index contributed by atoms with van der Waals surface area (Å²) in [6.07, 6.45) is 40.9. The number of unbranched alkanes of at least 4 members (excludes halogenated alkanes) is 11. The molecule has 1 unspecified atom stereocenters. The molecule has 0 amide bonds. The maximum atomic E-state index is 12.5. The lowest BCUT2D eigenvalue weighted by molar-refractivity contribution is -0.144. The van der Waals surface area contributed by atoms with Crippen LogP contribution in [0.5, 0.6) is 0 Å². The van der Waals surface area contributed by atoms with Crippen molar-refractivity contribution in [3.8, 4) is 0 Å². The Hall–Kier alpha value is -0.790. The fraction of sp³-hybridized carbons (Fsp3) is 0.936. The molecule has 4 saturated carbocycles. The molecular weight excluding hydrogens is 597 g/mol. The molecule has 0 bridgehead atoms. The first kappa shape index (κ1) is 41.0. The second-order valence-electron chi connectivity index (χ2n) is 19.0. The number of esters is 1. The zero-order valence-electron chi connectivity index (χ0n) is 33.9. The highest BCUT2D eigenvalue weighted by atomic mass is 16.5. The Morgan fingerprint density at radius 1 is 0.694 bits per heavy atom. The number of hydrogen-bond donors (Lipinski definition) is 0. The molecule has 0 aromatic rings. The van der Waals surface area contributed by atoms with E-state index < -0.39 is 0 Å². The highest BCUT2D eigenvalue weighted by Crippen LogP contribution is 2.68. The summed E-state index contributed by atoms with van der Waals surface area (Å²) in [5.74, 6) is 7.13. The number of ether oxygens (including phenoxy) is 1. The smallest absolute Gasteiger partial charge is 0.305 e. The van der Waals surface area contributed by atoms with Crippen molar-refractivity contribution < 1.29 is 9.53 Å². The molecule has 4 rings (SSSR count). The van der Waals surface area contributed by atoms with Crippen LogP contribution in [0.2, 0.25) is 0 Å². The van der Waals surface area contributed by atoms with Crippen molar-refractivity contribution in [3.63, 3.8) is 0 Å². The van der Waals surface area contributed by atoms with Gasteiger partial charge in [-0.2, -0.15) is 0 Å². The van der Waals surface area contributed by atoms with Crippen LogP contribution < -0.4 is 0 Å². The molecular formula is C47H84O2. The van der Waals surface area contributed by atoms with Gasteiger partial charge in [-0.1, -0.05) is 124 Å². The normalized spacial score (nSPS) is 32.5. The van der Waals surface area contributed by atoms with Crippen molar-refractivity contribution in [1.29, 1.82) is 0 Å². The Bertz CT molecular complexity index is 952. The van der Waals surface area contributed by atoms with Crippen LogP contribution in [0, 0.1) is 58.2 Å². The van der Waals surface area contributed by atoms with E-state index in [-0.39, 0.29) is 5.97 Å².